The van der Waals surface area contributed by atoms with Crippen molar-refractivity contribution in [1.82, 2.24) is 9.29 Å². The van der Waals surface area contributed by atoms with E-state index in [2.05, 4.69) is 16.8 Å². The minimum atomic E-state index is -3.59. The van der Waals surface area contributed by atoms with Crippen molar-refractivity contribution in [2.75, 3.05) is 32.8 Å². The zero-order valence-corrected chi connectivity index (χ0v) is 13.2. The van der Waals surface area contributed by atoms with E-state index in [-0.39, 0.29) is 11.4 Å². The summed E-state index contributed by atoms with van der Waals surface area (Å²) in [5.74, 6) is 5.46. The number of ether oxygens (including phenoxy) is 1. The van der Waals surface area contributed by atoms with E-state index in [0.717, 1.165) is 0 Å². The molecule has 6 nitrogen and oxygen atoms in total. The van der Waals surface area contributed by atoms with E-state index >= 15 is 0 Å². The van der Waals surface area contributed by atoms with Gasteiger partial charge in [0.05, 0.1) is 13.2 Å². The Kier molecular flexibility index (Phi) is 7.32. The van der Waals surface area contributed by atoms with Crippen LogP contribution in [0.5, 0.6) is 0 Å². The first-order valence-corrected chi connectivity index (χ1v) is 8.22. The fourth-order valence-corrected chi connectivity index (χ4v) is 3.11. The van der Waals surface area contributed by atoms with E-state index < -0.39 is 10.0 Å². The maximum Gasteiger partial charge on any atom is 0.244 e. The molecule has 0 aliphatic carbocycles. The molecule has 0 aliphatic heterocycles. The molecule has 0 saturated carbocycles. The van der Waals surface area contributed by atoms with Crippen LogP contribution in [-0.2, 0) is 14.8 Å². The van der Waals surface area contributed by atoms with Crippen LogP contribution >= 0.6 is 0 Å². The third-order valence-electron chi connectivity index (χ3n) is 2.73. The molecule has 0 amide bonds. The number of nitrogens with two attached hydrogens (primary N) is 1. The van der Waals surface area contributed by atoms with E-state index in [0.29, 0.717) is 31.9 Å². The molecule has 0 bridgehead atoms. The van der Waals surface area contributed by atoms with Crippen LogP contribution in [0.4, 0.5) is 0 Å². The van der Waals surface area contributed by atoms with Crippen molar-refractivity contribution in [3.05, 3.63) is 24.0 Å². The summed E-state index contributed by atoms with van der Waals surface area (Å²) in [5.41, 5.74) is 5.83. The first-order chi connectivity index (χ1) is 10.1. The maximum atomic E-state index is 12.5. The van der Waals surface area contributed by atoms with Gasteiger partial charge < -0.3 is 10.5 Å². The zero-order chi connectivity index (χ0) is 15.7. The summed E-state index contributed by atoms with van der Waals surface area (Å²) >= 11 is 0. The number of likely N-dealkylation sites (N-methyl/N-ethyl adjacent to an activating group) is 1. The van der Waals surface area contributed by atoms with Crippen LogP contribution in [0.15, 0.2) is 23.4 Å². The molecule has 1 aromatic heterocycles. The molecule has 1 rings (SSSR count). The van der Waals surface area contributed by atoms with Gasteiger partial charge in [0.15, 0.2) is 0 Å². The van der Waals surface area contributed by atoms with Crippen LogP contribution in [-0.4, -0.2) is 50.6 Å². The van der Waals surface area contributed by atoms with E-state index in [9.17, 15) is 8.42 Å². The highest BCUT2D eigenvalue weighted by Gasteiger charge is 2.23. The van der Waals surface area contributed by atoms with Crippen LogP contribution in [0, 0.1) is 11.8 Å². The van der Waals surface area contributed by atoms with Crippen molar-refractivity contribution < 1.29 is 13.2 Å². The lowest BCUT2D eigenvalue weighted by Crippen LogP contribution is -2.34. The molecule has 1 heterocycles. The van der Waals surface area contributed by atoms with Crippen LogP contribution in [0.25, 0.3) is 0 Å². The number of aromatic nitrogens is 1. The lowest BCUT2D eigenvalue weighted by Gasteiger charge is -2.20. The fraction of sp³-hybridized carbons (Fsp3) is 0.500. The van der Waals surface area contributed by atoms with Gasteiger partial charge in [-0.05, 0) is 13.0 Å². The SMILES string of the molecule is CCOCCN(CC)S(=O)(=O)c1cncc(C#CCN)c1. The lowest BCUT2D eigenvalue weighted by atomic mass is 10.3. The summed E-state index contributed by atoms with van der Waals surface area (Å²) in [6, 6.07) is 1.51. The quantitative estimate of drug-likeness (QED) is 0.583. The molecule has 0 radical (unpaired) electrons. The second-order valence-electron chi connectivity index (χ2n) is 4.11. The second kappa shape index (κ2) is 8.74. The highest BCUT2D eigenvalue weighted by atomic mass is 32.2. The van der Waals surface area contributed by atoms with Gasteiger partial charge in [-0.1, -0.05) is 18.8 Å². The van der Waals surface area contributed by atoms with E-state index in [1.54, 1.807) is 6.92 Å². The minimum Gasteiger partial charge on any atom is -0.380 e. The van der Waals surface area contributed by atoms with Crippen molar-refractivity contribution in [3.8, 4) is 11.8 Å². The normalized spacial score (nSPS) is 11.2. The Morgan fingerprint density at radius 3 is 2.76 bits per heavy atom. The Morgan fingerprint density at radius 2 is 2.14 bits per heavy atom. The molecule has 7 heteroatoms. The summed E-state index contributed by atoms with van der Waals surface area (Å²) in [7, 11) is -3.59. The monoisotopic (exact) mass is 311 g/mol. The first-order valence-electron chi connectivity index (χ1n) is 6.78. The number of nitrogens with zero attached hydrogens (tertiary/aromatic N) is 2. The average molecular weight is 311 g/mol. The van der Waals surface area contributed by atoms with E-state index in [4.69, 9.17) is 10.5 Å². The molecule has 0 unspecified atom stereocenters. The molecule has 0 spiro atoms. The zero-order valence-electron chi connectivity index (χ0n) is 12.4. The molecule has 0 fully saturated rings. The summed E-state index contributed by atoms with van der Waals surface area (Å²) < 4.78 is 31.7. The van der Waals surface area contributed by atoms with Crippen molar-refractivity contribution in [2.45, 2.75) is 18.7 Å². The van der Waals surface area contributed by atoms with Crippen molar-refractivity contribution >= 4 is 10.0 Å². The first kappa shape index (κ1) is 17.6. The smallest absolute Gasteiger partial charge is 0.244 e. The number of pyridine rings is 1. The summed E-state index contributed by atoms with van der Waals surface area (Å²) in [5, 5.41) is 0. The Labute approximate surface area is 126 Å². The minimum absolute atomic E-state index is 0.129. The Morgan fingerprint density at radius 1 is 1.38 bits per heavy atom. The van der Waals surface area contributed by atoms with Crippen molar-refractivity contribution in [3.63, 3.8) is 0 Å². The predicted molar refractivity (Wildman–Crippen MR) is 81.1 cm³/mol. The summed E-state index contributed by atoms with van der Waals surface area (Å²) in [6.45, 7) is 5.47. The average Bonchev–Trinajstić information content (AvgIpc) is 2.49. The van der Waals surface area contributed by atoms with Crippen LogP contribution in [0.3, 0.4) is 0 Å². The van der Waals surface area contributed by atoms with E-state index in [1.165, 1.54) is 22.8 Å². The molecule has 21 heavy (non-hydrogen) atoms. The van der Waals surface area contributed by atoms with Gasteiger partial charge in [-0.3, -0.25) is 4.98 Å². The topological polar surface area (TPSA) is 85.5 Å². The predicted octanol–water partition coefficient (Wildman–Crippen LogP) is 0.439. The van der Waals surface area contributed by atoms with Gasteiger partial charge in [-0.15, -0.1) is 0 Å². The Bertz CT molecular complexity index is 605. The van der Waals surface area contributed by atoms with Crippen molar-refractivity contribution in [2.24, 2.45) is 5.73 Å². The molecule has 0 saturated heterocycles. The third kappa shape index (κ3) is 5.10. The number of rotatable bonds is 7. The number of sulfonamides is 1. The van der Waals surface area contributed by atoms with Gasteiger partial charge in [0.1, 0.15) is 4.90 Å². The van der Waals surface area contributed by atoms with Gasteiger partial charge in [0.25, 0.3) is 0 Å². The summed E-state index contributed by atoms with van der Waals surface area (Å²) in [6.07, 6.45) is 2.84. The lowest BCUT2D eigenvalue weighted by molar-refractivity contribution is 0.135. The maximum absolute atomic E-state index is 12.5. The molecular formula is C14H21N3O3S. The van der Waals surface area contributed by atoms with Crippen LogP contribution in [0.2, 0.25) is 0 Å². The number of hydrogen-bond donors (Lipinski definition) is 1. The molecule has 2 N–H and O–H groups in total. The van der Waals surface area contributed by atoms with Gasteiger partial charge in [0.2, 0.25) is 10.0 Å². The molecule has 116 valence electrons. The van der Waals surface area contributed by atoms with Gasteiger partial charge >= 0.3 is 0 Å². The molecule has 0 aliphatic rings. The largest absolute Gasteiger partial charge is 0.380 e. The highest BCUT2D eigenvalue weighted by molar-refractivity contribution is 7.89. The van der Waals surface area contributed by atoms with Gasteiger partial charge in [0, 0.05) is 37.7 Å². The molecule has 1 aromatic rings. The van der Waals surface area contributed by atoms with Gasteiger partial charge in [-0.25, -0.2) is 8.42 Å². The molecule has 0 atom stereocenters. The Balaban J connectivity index is 2.99. The third-order valence-corrected chi connectivity index (χ3v) is 4.67. The molecular weight excluding hydrogens is 290 g/mol. The van der Waals surface area contributed by atoms with Gasteiger partial charge in [-0.2, -0.15) is 4.31 Å². The number of hydrogen-bond acceptors (Lipinski definition) is 5. The van der Waals surface area contributed by atoms with Crippen LogP contribution < -0.4 is 5.73 Å². The second-order valence-corrected chi connectivity index (χ2v) is 6.05. The fourth-order valence-electron chi connectivity index (χ4n) is 1.69. The van der Waals surface area contributed by atoms with Crippen LogP contribution in [0.1, 0.15) is 19.4 Å². The standard InChI is InChI=1S/C14H21N3O3S/c1-3-17(8-9-20-4-2)21(18,19)14-10-13(6-5-7-15)11-16-12-14/h10-12H,3-4,7-9,15H2,1-2H3. The Hall–Kier alpha value is -1.46. The highest BCUT2D eigenvalue weighted by Crippen LogP contribution is 2.15. The summed E-state index contributed by atoms with van der Waals surface area (Å²) in [4.78, 5) is 4.07. The molecule has 0 aromatic carbocycles. The van der Waals surface area contributed by atoms with E-state index in [1.807, 2.05) is 6.92 Å². The van der Waals surface area contributed by atoms with Crippen molar-refractivity contribution in [1.29, 1.82) is 0 Å².